The van der Waals surface area contributed by atoms with Crippen molar-refractivity contribution >= 4 is 5.90 Å². The van der Waals surface area contributed by atoms with Crippen molar-refractivity contribution in [2.45, 2.75) is 51.9 Å². The van der Waals surface area contributed by atoms with Crippen molar-refractivity contribution in [2.24, 2.45) is 28.1 Å². The number of para-hydroxylation sites is 1. The Balaban J connectivity index is 1.98. The Morgan fingerprint density at radius 3 is 2.33 bits per heavy atom. The van der Waals surface area contributed by atoms with Crippen molar-refractivity contribution in [1.29, 1.82) is 21.2 Å². The minimum atomic E-state index is -2.02. The number of methoxy groups -OCH3 is 2. The summed E-state index contributed by atoms with van der Waals surface area (Å²) in [5.74, 6) is -1.29. The van der Waals surface area contributed by atoms with Crippen LogP contribution in [-0.2, 0) is 9.47 Å². The molecule has 2 heterocycles. The second-order valence-electron chi connectivity index (χ2n) is 10.2. The van der Waals surface area contributed by atoms with Crippen molar-refractivity contribution in [3.05, 3.63) is 23.8 Å². The van der Waals surface area contributed by atoms with Crippen LogP contribution in [-0.4, -0.2) is 25.9 Å². The summed E-state index contributed by atoms with van der Waals surface area (Å²) in [6.45, 7) is 6.41. The van der Waals surface area contributed by atoms with E-state index in [9.17, 15) is 15.8 Å². The van der Waals surface area contributed by atoms with E-state index in [-0.39, 0.29) is 17.2 Å². The first-order chi connectivity index (χ1) is 15.6. The van der Waals surface area contributed by atoms with Gasteiger partial charge in [-0.25, -0.2) is 0 Å². The molecule has 1 saturated carbocycles. The first-order valence-corrected chi connectivity index (χ1v) is 11.0. The largest absolute Gasteiger partial charge is 0.493 e. The predicted molar refractivity (Wildman–Crippen MR) is 117 cm³/mol. The molecule has 3 fully saturated rings. The fourth-order valence-corrected chi connectivity index (χ4v) is 6.02. The summed E-state index contributed by atoms with van der Waals surface area (Å²) in [7, 11) is 2.96. The first-order valence-electron chi connectivity index (χ1n) is 11.0. The summed E-state index contributed by atoms with van der Waals surface area (Å²) in [6.07, 6.45) is 0.582. The molecule has 33 heavy (non-hydrogen) atoms. The Morgan fingerprint density at radius 2 is 1.79 bits per heavy atom. The Morgan fingerprint density at radius 1 is 1.09 bits per heavy atom. The molecule has 2 saturated heterocycles. The molecule has 5 unspecified atom stereocenters. The minimum absolute atomic E-state index is 0.0469. The van der Waals surface area contributed by atoms with Gasteiger partial charge >= 0.3 is 0 Å². The molecule has 172 valence electrons. The molecule has 2 bridgehead atoms. The highest BCUT2D eigenvalue weighted by atomic mass is 16.7. The van der Waals surface area contributed by atoms with Crippen molar-refractivity contribution in [1.82, 2.24) is 0 Å². The van der Waals surface area contributed by atoms with E-state index in [4.69, 9.17) is 24.4 Å². The summed E-state index contributed by atoms with van der Waals surface area (Å²) < 4.78 is 23.6. The van der Waals surface area contributed by atoms with Crippen molar-refractivity contribution in [3.63, 3.8) is 0 Å². The molecule has 1 N–H and O–H groups in total. The number of rotatable bonds is 3. The summed E-state index contributed by atoms with van der Waals surface area (Å²) >= 11 is 0. The Labute approximate surface area is 194 Å². The van der Waals surface area contributed by atoms with Crippen LogP contribution in [0.3, 0.4) is 0 Å². The van der Waals surface area contributed by atoms with Gasteiger partial charge in [-0.15, -0.1) is 0 Å². The van der Waals surface area contributed by atoms with Gasteiger partial charge in [-0.05, 0) is 30.2 Å². The number of hydrogen-bond donors (Lipinski definition) is 1. The monoisotopic (exact) mass is 448 g/mol. The Kier molecular flexibility index (Phi) is 5.11. The zero-order valence-corrected chi connectivity index (χ0v) is 19.6. The molecule has 0 amide bonds. The average molecular weight is 449 g/mol. The number of nitrogens with zero attached hydrogens (tertiary/aromatic N) is 3. The van der Waals surface area contributed by atoms with E-state index in [1.54, 1.807) is 18.2 Å². The van der Waals surface area contributed by atoms with E-state index in [0.717, 1.165) is 6.42 Å². The van der Waals surface area contributed by atoms with Gasteiger partial charge < -0.3 is 18.9 Å². The molecular weight excluding hydrogens is 420 g/mol. The zero-order chi connectivity index (χ0) is 24.2. The smallest absolute Gasteiger partial charge is 0.217 e. The van der Waals surface area contributed by atoms with E-state index in [0.29, 0.717) is 29.9 Å². The van der Waals surface area contributed by atoms with Crippen LogP contribution in [0.2, 0.25) is 0 Å². The summed E-state index contributed by atoms with van der Waals surface area (Å²) in [5.41, 5.74) is -3.44. The maximum absolute atomic E-state index is 10.6. The second-order valence-corrected chi connectivity index (χ2v) is 10.2. The number of nitrogens with one attached hydrogen (secondary N) is 1. The van der Waals surface area contributed by atoms with Gasteiger partial charge in [-0.1, -0.05) is 32.9 Å². The van der Waals surface area contributed by atoms with E-state index in [1.807, 2.05) is 0 Å². The third-order valence-corrected chi connectivity index (χ3v) is 7.85. The average Bonchev–Trinajstić information content (AvgIpc) is 3.01. The van der Waals surface area contributed by atoms with Crippen LogP contribution in [0, 0.1) is 67.5 Å². The molecule has 0 aromatic heterocycles. The van der Waals surface area contributed by atoms with Crippen molar-refractivity contribution in [3.8, 4) is 29.7 Å². The second kappa shape index (κ2) is 7.37. The van der Waals surface area contributed by atoms with Crippen LogP contribution in [0.1, 0.15) is 51.7 Å². The molecular formula is C25H28N4O4. The lowest BCUT2D eigenvalue weighted by atomic mass is 9.49. The quantitative estimate of drug-likeness (QED) is 0.720. The summed E-state index contributed by atoms with van der Waals surface area (Å²) in [6, 6.07) is 11.6. The van der Waals surface area contributed by atoms with E-state index >= 15 is 0 Å². The van der Waals surface area contributed by atoms with Crippen molar-refractivity contribution in [2.75, 3.05) is 14.2 Å². The third-order valence-electron chi connectivity index (χ3n) is 7.85. The van der Waals surface area contributed by atoms with E-state index < -0.39 is 28.6 Å². The third kappa shape index (κ3) is 2.73. The van der Waals surface area contributed by atoms with Gasteiger partial charge in [0.1, 0.15) is 6.10 Å². The molecule has 1 aromatic rings. The lowest BCUT2D eigenvalue weighted by Crippen LogP contribution is -2.61. The van der Waals surface area contributed by atoms with Crippen LogP contribution < -0.4 is 9.47 Å². The normalized spacial score (nSPS) is 34.1. The molecule has 0 spiro atoms. The molecule has 2 aliphatic heterocycles. The molecule has 8 nitrogen and oxygen atoms in total. The highest BCUT2D eigenvalue weighted by Gasteiger charge is 2.81. The summed E-state index contributed by atoms with van der Waals surface area (Å²) in [4.78, 5) is 0. The molecule has 4 rings (SSSR count). The highest BCUT2D eigenvalue weighted by Crippen LogP contribution is 2.71. The van der Waals surface area contributed by atoms with Crippen LogP contribution in [0.15, 0.2) is 18.2 Å². The molecule has 0 radical (unpaired) electrons. The van der Waals surface area contributed by atoms with Crippen molar-refractivity contribution < 1.29 is 18.9 Å². The Bertz CT molecular complexity index is 1110. The van der Waals surface area contributed by atoms with Crippen LogP contribution >= 0.6 is 0 Å². The van der Waals surface area contributed by atoms with Gasteiger partial charge in [0.15, 0.2) is 16.9 Å². The van der Waals surface area contributed by atoms with Gasteiger partial charge in [-0.2, -0.15) is 15.8 Å². The maximum atomic E-state index is 10.6. The van der Waals surface area contributed by atoms with E-state index in [1.165, 1.54) is 14.2 Å². The fraction of sp³-hybridized carbons (Fsp3) is 0.600. The Hall–Kier alpha value is -3.28. The number of ether oxygens (including phenoxy) is 4. The predicted octanol–water partition coefficient (Wildman–Crippen LogP) is 4.48. The van der Waals surface area contributed by atoms with Gasteiger partial charge in [-0.3, -0.25) is 5.41 Å². The highest BCUT2D eigenvalue weighted by molar-refractivity contribution is 5.89. The standard InChI is InChI=1S/C25H28N4O4/c1-22(2,3)15-9-10-25-18(11-15)24(14-28,21(29)33-25)23(12-26,13-27)20(32-25)16-7-6-8-17(30-4)19(16)31-5/h6-8,15,18,20,29H,9-11H2,1-5H3. The minimum Gasteiger partial charge on any atom is -0.493 e. The van der Waals surface area contributed by atoms with E-state index in [2.05, 4.69) is 39.0 Å². The molecule has 5 atom stereocenters. The first kappa shape index (κ1) is 22.9. The fourth-order valence-electron chi connectivity index (χ4n) is 6.02. The zero-order valence-electron chi connectivity index (χ0n) is 19.6. The van der Waals surface area contributed by atoms with Gasteiger partial charge in [0.05, 0.1) is 38.3 Å². The lowest BCUT2D eigenvalue weighted by Gasteiger charge is -2.54. The lowest BCUT2D eigenvalue weighted by molar-refractivity contribution is -0.301. The molecule has 1 aliphatic carbocycles. The number of hydrogen-bond acceptors (Lipinski definition) is 8. The number of nitriles is 3. The topological polar surface area (TPSA) is 132 Å². The van der Waals surface area contributed by atoms with Gasteiger partial charge in [0.2, 0.25) is 17.1 Å². The molecule has 8 heteroatoms. The van der Waals surface area contributed by atoms with Crippen LogP contribution in [0.4, 0.5) is 0 Å². The van der Waals surface area contributed by atoms with Crippen LogP contribution in [0.5, 0.6) is 11.5 Å². The summed E-state index contributed by atoms with van der Waals surface area (Å²) in [5, 5.41) is 40.3. The molecule has 3 aliphatic rings. The van der Waals surface area contributed by atoms with Gasteiger partial charge in [0.25, 0.3) is 0 Å². The maximum Gasteiger partial charge on any atom is 0.217 e. The number of benzene rings is 1. The SMILES string of the molecule is COc1cccc(C2OC34CCC(C(C)(C)C)CC3C(C#N)(C(=N)O4)C2(C#N)C#N)c1OC. The van der Waals surface area contributed by atoms with Crippen LogP contribution in [0.25, 0.3) is 0 Å². The van der Waals surface area contributed by atoms with Gasteiger partial charge in [0, 0.05) is 12.0 Å². The molecule has 1 aromatic carbocycles.